The summed E-state index contributed by atoms with van der Waals surface area (Å²) in [5.41, 5.74) is 9.67. The van der Waals surface area contributed by atoms with Crippen molar-refractivity contribution in [3.63, 3.8) is 0 Å². The summed E-state index contributed by atoms with van der Waals surface area (Å²) in [6, 6.07) is 1.90. The molecular formula is C9H11N3. The minimum atomic E-state index is 0.799. The molecule has 2 aromatic heterocycles. The summed E-state index contributed by atoms with van der Waals surface area (Å²) < 4.78 is 2.03. The van der Waals surface area contributed by atoms with Gasteiger partial charge in [-0.25, -0.2) is 4.98 Å². The maximum atomic E-state index is 5.74. The summed E-state index contributed by atoms with van der Waals surface area (Å²) in [6.45, 7) is 4.01. The molecule has 0 spiro atoms. The highest BCUT2D eigenvalue weighted by Gasteiger charge is 2.03. The predicted molar refractivity (Wildman–Crippen MR) is 49.1 cm³/mol. The molecule has 62 valence electrons. The van der Waals surface area contributed by atoms with Gasteiger partial charge in [0.15, 0.2) is 0 Å². The first kappa shape index (κ1) is 7.16. The number of nitrogens with zero attached hydrogens (tertiary/aromatic N) is 2. The minimum absolute atomic E-state index is 0.799. The number of aromatic nitrogens is 2. The van der Waals surface area contributed by atoms with Gasteiger partial charge in [-0.05, 0) is 19.9 Å². The van der Waals surface area contributed by atoms with E-state index in [1.807, 2.05) is 36.7 Å². The van der Waals surface area contributed by atoms with Crippen molar-refractivity contribution in [2.24, 2.45) is 0 Å². The lowest BCUT2D eigenvalue weighted by molar-refractivity contribution is 1.10. The van der Waals surface area contributed by atoms with Gasteiger partial charge in [0.2, 0.25) is 0 Å². The van der Waals surface area contributed by atoms with Crippen LogP contribution < -0.4 is 5.73 Å². The van der Waals surface area contributed by atoms with Gasteiger partial charge in [-0.3, -0.25) is 0 Å². The highest BCUT2D eigenvalue weighted by Crippen LogP contribution is 2.16. The lowest BCUT2D eigenvalue weighted by Gasteiger charge is -2.02. The molecule has 2 N–H and O–H groups in total. The third-order valence-corrected chi connectivity index (χ3v) is 2.15. The molecule has 0 fully saturated rings. The van der Waals surface area contributed by atoms with Gasteiger partial charge in [-0.2, -0.15) is 0 Å². The average molecular weight is 161 g/mol. The fourth-order valence-corrected chi connectivity index (χ4v) is 1.32. The molecule has 12 heavy (non-hydrogen) atoms. The van der Waals surface area contributed by atoms with E-state index in [0.29, 0.717) is 0 Å². The van der Waals surface area contributed by atoms with E-state index in [1.165, 1.54) is 0 Å². The summed E-state index contributed by atoms with van der Waals surface area (Å²) in [7, 11) is 0. The number of fused-ring (bicyclic) bond motifs is 1. The maximum Gasteiger partial charge on any atom is 0.141 e. The normalized spacial score (nSPS) is 10.8. The molecule has 0 amide bonds. The molecular weight excluding hydrogens is 150 g/mol. The van der Waals surface area contributed by atoms with Crippen molar-refractivity contribution in [1.82, 2.24) is 9.38 Å². The SMILES string of the molecule is Cc1c(N)ccn2c(C)cnc12. The highest BCUT2D eigenvalue weighted by molar-refractivity contribution is 5.61. The second kappa shape index (κ2) is 2.24. The van der Waals surface area contributed by atoms with E-state index in [4.69, 9.17) is 5.73 Å². The summed E-state index contributed by atoms with van der Waals surface area (Å²) in [6.07, 6.45) is 3.79. The second-order valence-electron chi connectivity index (χ2n) is 2.99. The van der Waals surface area contributed by atoms with Gasteiger partial charge in [-0.1, -0.05) is 0 Å². The number of aryl methyl sites for hydroxylation is 2. The summed E-state index contributed by atoms with van der Waals surface area (Å²) in [5.74, 6) is 0. The van der Waals surface area contributed by atoms with Gasteiger partial charge in [-0.15, -0.1) is 0 Å². The molecule has 0 saturated heterocycles. The highest BCUT2D eigenvalue weighted by atomic mass is 15.0. The topological polar surface area (TPSA) is 43.3 Å². The number of nitrogen functional groups attached to an aromatic ring is 1. The summed E-state index contributed by atoms with van der Waals surface area (Å²) in [5, 5.41) is 0. The van der Waals surface area contributed by atoms with E-state index in [2.05, 4.69) is 4.98 Å². The molecule has 0 aliphatic rings. The summed E-state index contributed by atoms with van der Waals surface area (Å²) >= 11 is 0. The van der Waals surface area contributed by atoms with Crippen LogP contribution in [0.25, 0.3) is 5.65 Å². The van der Waals surface area contributed by atoms with Crippen molar-refractivity contribution in [1.29, 1.82) is 0 Å². The Morgan fingerprint density at radius 3 is 2.92 bits per heavy atom. The molecule has 0 radical (unpaired) electrons. The van der Waals surface area contributed by atoms with Crippen LogP contribution in [-0.2, 0) is 0 Å². The molecule has 0 aliphatic carbocycles. The van der Waals surface area contributed by atoms with Gasteiger partial charge in [0, 0.05) is 29.3 Å². The molecule has 3 nitrogen and oxygen atoms in total. The van der Waals surface area contributed by atoms with Crippen molar-refractivity contribution >= 4 is 11.3 Å². The van der Waals surface area contributed by atoms with E-state index in [1.54, 1.807) is 0 Å². The Kier molecular flexibility index (Phi) is 1.33. The third-order valence-electron chi connectivity index (χ3n) is 2.15. The fraction of sp³-hybridized carbons (Fsp3) is 0.222. The Labute approximate surface area is 70.8 Å². The van der Waals surface area contributed by atoms with Crippen LogP contribution in [0.1, 0.15) is 11.3 Å². The Balaban J connectivity index is 2.93. The summed E-state index contributed by atoms with van der Waals surface area (Å²) in [4.78, 5) is 4.26. The predicted octanol–water partition coefficient (Wildman–Crippen LogP) is 1.53. The molecule has 0 aliphatic heterocycles. The van der Waals surface area contributed by atoms with Crippen LogP contribution in [0.15, 0.2) is 18.5 Å². The standard InChI is InChI=1S/C9H11N3/c1-6-5-11-9-7(2)8(10)3-4-12(6)9/h3-5H,10H2,1-2H3. The first-order valence-electron chi connectivity index (χ1n) is 3.89. The first-order valence-corrected chi connectivity index (χ1v) is 3.89. The second-order valence-corrected chi connectivity index (χ2v) is 2.99. The van der Waals surface area contributed by atoms with Crippen molar-refractivity contribution in [3.8, 4) is 0 Å². The van der Waals surface area contributed by atoms with E-state index >= 15 is 0 Å². The van der Waals surface area contributed by atoms with E-state index in [-0.39, 0.29) is 0 Å². The Hall–Kier alpha value is -1.51. The van der Waals surface area contributed by atoms with Crippen LogP contribution in [0.5, 0.6) is 0 Å². The third kappa shape index (κ3) is 0.794. The van der Waals surface area contributed by atoms with E-state index in [9.17, 15) is 0 Å². The fourth-order valence-electron chi connectivity index (χ4n) is 1.32. The molecule has 0 aromatic carbocycles. The number of imidazole rings is 1. The zero-order valence-corrected chi connectivity index (χ0v) is 7.20. The molecule has 2 rings (SSSR count). The van der Waals surface area contributed by atoms with Crippen LogP contribution in [0, 0.1) is 13.8 Å². The van der Waals surface area contributed by atoms with Crippen LogP contribution >= 0.6 is 0 Å². The number of pyridine rings is 1. The largest absolute Gasteiger partial charge is 0.398 e. The number of hydrogen-bond donors (Lipinski definition) is 1. The lowest BCUT2D eigenvalue weighted by Crippen LogP contribution is -1.95. The van der Waals surface area contributed by atoms with Gasteiger partial charge in [0.25, 0.3) is 0 Å². The lowest BCUT2D eigenvalue weighted by atomic mass is 10.2. The van der Waals surface area contributed by atoms with Crippen molar-refractivity contribution in [3.05, 3.63) is 29.7 Å². The number of nitrogens with two attached hydrogens (primary N) is 1. The maximum absolute atomic E-state index is 5.74. The zero-order chi connectivity index (χ0) is 8.72. The average Bonchev–Trinajstić information content (AvgIpc) is 2.41. The van der Waals surface area contributed by atoms with Crippen molar-refractivity contribution < 1.29 is 0 Å². The van der Waals surface area contributed by atoms with Crippen LogP contribution in [0.4, 0.5) is 5.69 Å². The monoisotopic (exact) mass is 161 g/mol. The minimum Gasteiger partial charge on any atom is -0.398 e. The smallest absolute Gasteiger partial charge is 0.141 e. The van der Waals surface area contributed by atoms with Gasteiger partial charge >= 0.3 is 0 Å². The van der Waals surface area contributed by atoms with E-state index < -0.39 is 0 Å². The number of anilines is 1. The van der Waals surface area contributed by atoms with Crippen LogP contribution in [0.3, 0.4) is 0 Å². The van der Waals surface area contributed by atoms with E-state index in [0.717, 1.165) is 22.6 Å². The molecule has 0 atom stereocenters. The first-order chi connectivity index (χ1) is 5.70. The van der Waals surface area contributed by atoms with Gasteiger partial charge in [0.1, 0.15) is 5.65 Å². The molecule has 0 unspecified atom stereocenters. The van der Waals surface area contributed by atoms with Gasteiger partial charge in [0.05, 0.1) is 0 Å². The Bertz CT molecular complexity index is 429. The molecule has 0 bridgehead atoms. The molecule has 3 heteroatoms. The zero-order valence-electron chi connectivity index (χ0n) is 7.20. The molecule has 2 aromatic rings. The van der Waals surface area contributed by atoms with Crippen LogP contribution in [-0.4, -0.2) is 9.38 Å². The van der Waals surface area contributed by atoms with Crippen molar-refractivity contribution in [2.45, 2.75) is 13.8 Å². The Morgan fingerprint density at radius 1 is 1.42 bits per heavy atom. The van der Waals surface area contributed by atoms with Crippen molar-refractivity contribution in [2.75, 3.05) is 5.73 Å². The van der Waals surface area contributed by atoms with Crippen LogP contribution in [0.2, 0.25) is 0 Å². The molecule has 0 saturated carbocycles. The molecule has 2 heterocycles. The van der Waals surface area contributed by atoms with Gasteiger partial charge < -0.3 is 10.1 Å². The quantitative estimate of drug-likeness (QED) is 0.636. The Morgan fingerprint density at radius 2 is 2.17 bits per heavy atom. The number of hydrogen-bond acceptors (Lipinski definition) is 2. The number of rotatable bonds is 0.